The van der Waals surface area contributed by atoms with E-state index in [1.54, 1.807) is 4.90 Å². The number of hydrogen-bond donors (Lipinski definition) is 2. The van der Waals surface area contributed by atoms with E-state index in [0.717, 1.165) is 12.8 Å². The second kappa shape index (κ2) is 8.06. The summed E-state index contributed by atoms with van der Waals surface area (Å²) >= 11 is 0. The highest BCUT2D eigenvalue weighted by Crippen LogP contribution is 2.18. The molecular formula is C17H23FN2O3. The van der Waals surface area contributed by atoms with Crippen molar-refractivity contribution in [3.8, 4) is 0 Å². The van der Waals surface area contributed by atoms with Gasteiger partial charge in [-0.05, 0) is 30.5 Å². The van der Waals surface area contributed by atoms with Crippen LogP contribution in [0, 0.1) is 11.7 Å². The number of nitrogens with zero attached hydrogens (tertiary/aromatic N) is 1. The third-order valence-corrected chi connectivity index (χ3v) is 4.17. The van der Waals surface area contributed by atoms with Crippen LogP contribution in [0.15, 0.2) is 24.3 Å². The van der Waals surface area contributed by atoms with Crippen molar-refractivity contribution in [2.24, 2.45) is 5.92 Å². The zero-order valence-electron chi connectivity index (χ0n) is 13.3. The zero-order valence-corrected chi connectivity index (χ0v) is 13.3. The maximum Gasteiger partial charge on any atom is 0.225 e. The molecule has 0 bridgehead atoms. The number of rotatable bonds is 5. The van der Waals surface area contributed by atoms with Gasteiger partial charge in [0.25, 0.3) is 0 Å². The molecule has 1 aliphatic heterocycles. The number of amides is 2. The minimum absolute atomic E-state index is 0.0637. The van der Waals surface area contributed by atoms with Gasteiger partial charge in [-0.2, -0.15) is 0 Å². The van der Waals surface area contributed by atoms with Crippen molar-refractivity contribution in [2.45, 2.75) is 32.3 Å². The van der Waals surface area contributed by atoms with E-state index in [2.05, 4.69) is 5.32 Å². The van der Waals surface area contributed by atoms with Crippen molar-refractivity contribution in [1.29, 1.82) is 0 Å². The Balaban J connectivity index is 1.84. The first kappa shape index (κ1) is 17.4. The standard InChI is InChI=1S/C17H23FN2O3/c1-2-16(22)20-9-3-4-13(11-20)17(23)19-10-15(21)12-5-7-14(18)8-6-12/h5-8,13,15,21H,2-4,9-11H2,1H3,(H,19,23). The van der Waals surface area contributed by atoms with Gasteiger partial charge in [0.1, 0.15) is 5.82 Å². The van der Waals surface area contributed by atoms with Crippen molar-refractivity contribution < 1.29 is 19.1 Å². The van der Waals surface area contributed by atoms with E-state index < -0.39 is 6.10 Å². The summed E-state index contributed by atoms with van der Waals surface area (Å²) in [4.78, 5) is 25.7. The van der Waals surface area contributed by atoms with E-state index >= 15 is 0 Å². The number of nitrogens with one attached hydrogen (secondary N) is 1. The normalized spacial score (nSPS) is 19.3. The number of hydrogen-bond acceptors (Lipinski definition) is 3. The van der Waals surface area contributed by atoms with Crippen LogP contribution in [0.4, 0.5) is 4.39 Å². The fraction of sp³-hybridized carbons (Fsp3) is 0.529. The summed E-state index contributed by atoms with van der Waals surface area (Å²) in [5, 5.41) is 12.8. The molecular weight excluding hydrogens is 299 g/mol. The van der Waals surface area contributed by atoms with Gasteiger partial charge in [-0.25, -0.2) is 4.39 Å². The molecule has 2 amide bonds. The lowest BCUT2D eigenvalue weighted by atomic mass is 9.96. The van der Waals surface area contributed by atoms with Gasteiger partial charge in [0.05, 0.1) is 12.0 Å². The minimum atomic E-state index is -0.878. The lowest BCUT2D eigenvalue weighted by Gasteiger charge is -2.32. The number of carbonyl (C=O) groups is 2. The summed E-state index contributed by atoms with van der Waals surface area (Å²) in [6, 6.07) is 5.54. The Morgan fingerprint density at radius 2 is 2.09 bits per heavy atom. The molecule has 1 aromatic carbocycles. The fourth-order valence-corrected chi connectivity index (χ4v) is 2.79. The molecule has 1 aliphatic rings. The Morgan fingerprint density at radius 1 is 1.39 bits per heavy atom. The molecule has 0 spiro atoms. The summed E-state index contributed by atoms with van der Waals surface area (Å²) in [5.41, 5.74) is 0.554. The van der Waals surface area contributed by atoms with Crippen LogP contribution in [-0.4, -0.2) is 41.5 Å². The van der Waals surface area contributed by atoms with Crippen molar-refractivity contribution in [2.75, 3.05) is 19.6 Å². The first-order valence-electron chi connectivity index (χ1n) is 8.00. The molecule has 2 N–H and O–H groups in total. The van der Waals surface area contributed by atoms with E-state index in [4.69, 9.17) is 0 Å². The lowest BCUT2D eigenvalue weighted by Crippen LogP contribution is -2.45. The first-order valence-corrected chi connectivity index (χ1v) is 8.00. The van der Waals surface area contributed by atoms with Crippen LogP contribution >= 0.6 is 0 Å². The molecule has 1 fully saturated rings. The van der Waals surface area contributed by atoms with Crippen LogP contribution in [0.25, 0.3) is 0 Å². The molecule has 2 unspecified atom stereocenters. The highest BCUT2D eigenvalue weighted by atomic mass is 19.1. The number of piperidine rings is 1. The van der Waals surface area contributed by atoms with Crippen LogP contribution in [0.5, 0.6) is 0 Å². The molecule has 126 valence electrons. The third kappa shape index (κ3) is 4.76. The van der Waals surface area contributed by atoms with E-state index in [0.29, 0.717) is 25.1 Å². The molecule has 1 saturated heterocycles. The number of halogens is 1. The molecule has 0 saturated carbocycles. The van der Waals surface area contributed by atoms with Gasteiger partial charge in [0.15, 0.2) is 0 Å². The Morgan fingerprint density at radius 3 is 2.74 bits per heavy atom. The smallest absolute Gasteiger partial charge is 0.225 e. The number of carbonyl (C=O) groups excluding carboxylic acids is 2. The van der Waals surface area contributed by atoms with Gasteiger partial charge < -0.3 is 15.3 Å². The molecule has 2 atom stereocenters. The zero-order chi connectivity index (χ0) is 16.8. The minimum Gasteiger partial charge on any atom is -0.387 e. The monoisotopic (exact) mass is 322 g/mol. The predicted molar refractivity (Wildman–Crippen MR) is 84.0 cm³/mol. The molecule has 1 aromatic rings. The summed E-state index contributed by atoms with van der Waals surface area (Å²) in [6.45, 7) is 3.02. The number of aliphatic hydroxyl groups excluding tert-OH is 1. The summed E-state index contributed by atoms with van der Waals surface area (Å²) in [6.07, 6.45) is 1.12. The second-order valence-electron chi connectivity index (χ2n) is 5.84. The summed E-state index contributed by atoms with van der Waals surface area (Å²) < 4.78 is 12.9. The van der Waals surface area contributed by atoms with Crippen molar-refractivity contribution >= 4 is 11.8 Å². The molecule has 1 heterocycles. The number of benzene rings is 1. The third-order valence-electron chi connectivity index (χ3n) is 4.17. The van der Waals surface area contributed by atoms with Gasteiger partial charge in [0, 0.05) is 26.1 Å². The largest absolute Gasteiger partial charge is 0.387 e. The Bertz CT molecular complexity index is 547. The molecule has 0 aromatic heterocycles. The topological polar surface area (TPSA) is 69.6 Å². The van der Waals surface area contributed by atoms with Crippen LogP contribution in [-0.2, 0) is 9.59 Å². The molecule has 0 radical (unpaired) electrons. The van der Waals surface area contributed by atoms with Crippen molar-refractivity contribution in [3.05, 3.63) is 35.6 Å². The van der Waals surface area contributed by atoms with E-state index in [1.165, 1.54) is 24.3 Å². The molecule has 5 nitrogen and oxygen atoms in total. The van der Waals surface area contributed by atoms with Gasteiger partial charge in [-0.15, -0.1) is 0 Å². The average Bonchev–Trinajstić information content (AvgIpc) is 2.59. The average molecular weight is 322 g/mol. The highest BCUT2D eigenvalue weighted by Gasteiger charge is 2.27. The van der Waals surface area contributed by atoms with Crippen LogP contribution < -0.4 is 5.32 Å². The fourth-order valence-electron chi connectivity index (χ4n) is 2.79. The summed E-state index contributed by atoms with van der Waals surface area (Å²) in [7, 11) is 0. The predicted octanol–water partition coefficient (Wildman–Crippen LogP) is 1.62. The van der Waals surface area contributed by atoms with Crippen LogP contribution in [0.1, 0.15) is 37.9 Å². The van der Waals surface area contributed by atoms with Crippen LogP contribution in [0.2, 0.25) is 0 Å². The number of likely N-dealkylation sites (tertiary alicyclic amines) is 1. The maximum absolute atomic E-state index is 12.9. The van der Waals surface area contributed by atoms with Crippen molar-refractivity contribution in [3.63, 3.8) is 0 Å². The molecule has 2 rings (SSSR count). The Kier molecular flexibility index (Phi) is 6.10. The van der Waals surface area contributed by atoms with Crippen molar-refractivity contribution in [1.82, 2.24) is 10.2 Å². The van der Waals surface area contributed by atoms with E-state index in [-0.39, 0.29) is 30.1 Å². The van der Waals surface area contributed by atoms with E-state index in [9.17, 15) is 19.1 Å². The Hall–Kier alpha value is -1.95. The van der Waals surface area contributed by atoms with Gasteiger partial charge >= 0.3 is 0 Å². The summed E-state index contributed by atoms with van der Waals surface area (Å²) in [5.74, 6) is -0.693. The molecule has 6 heteroatoms. The second-order valence-corrected chi connectivity index (χ2v) is 5.84. The molecule has 23 heavy (non-hydrogen) atoms. The van der Waals surface area contributed by atoms with E-state index in [1.807, 2.05) is 6.92 Å². The van der Waals surface area contributed by atoms with Crippen LogP contribution in [0.3, 0.4) is 0 Å². The Labute approximate surface area is 135 Å². The molecule has 0 aliphatic carbocycles. The first-order chi connectivity index (χ1) is 11.0. The maximum atomic E-state index is 12.9. The number of aliphatic hydroxyl groups is 1. The quantitative estimate of drug-likeness (QED) is 0.865. The SMILES string of the molecule is CCC(=O)N1CCCC(C(=O)NCC(O)c2ccc(F)cc2)C1. The van der Waals surface area contributed by atoms with Gasteiger partial charge in [-0.3, -0.25) is 9.59 Å². The van der Waals surface area contributed by atoms with Gasteiger partial charge in [0.2, 0.25) is 11.8 Å². The lowest BCUT2D eigenvalue weighted by molar-refractivity contribution is -0.135. The highest BCUT2D eigenvalue weighted by molar-refractivity contribution is 5.81. The van der Waals surface area contributed by atoms with Gasteiger partial charge in [-0.1, -0.05) is 19.1 Å².